The van der Waals surface area contributed by atoms with Crippen molar-refractivity contribution in [2.75, 3.05) is 44.4 Å². The lowest BCUT2D eigenvalue weighted by Gasteiger charge is -2.43. The Morgan fingerprint density at radius 1 is 1.14 bits per heavy atom. The highest BCUT2D eigenvalue weighted by Gasteiger charge is 2.51. The van der Waals surface area contributed by atoms with E-state index in [0.717, 1.165) is 22.7 Å². The van der Waals surface area contributed by atoms with Gasteiger partial charge in [0, 0.05) is 50.2 Å². The van der Waals surface area contributed by atoms with Crippen molar-refractivity contribution in [3.8, 4) is 0 Å². The average Bonchev–Trinajstić information content (AvgIpc) is 2.78. The van der Waals surface area contributed by atoms with Crippen LogP contribution in [0.2, 0.25) is 0 Å². The van der Waals surface area contributed by atoms with Crippen LogP contribution in [0.5, 0.6) is 0 Å². The van der Waals surface area contributed by atoms with Gasteiger partial charge >= 0.3 is 6.18 Å². The van der Waals surface area contributed by atoms with Gasteiger partial charge in [0.25, 0.3) is 0 Å². The van der Waals surface area contributed by atoms with E-state index < -0.39 is 37.9 Å². The van der Waals surface area contributed by atoms with Crippen LogP contribution < -0.4 is 4.90 Å². The van der Waals surface area contributed by atoms with Crippen LogP contribution in [0.4, 0.5) is 18.9 Å². The fraction of sp³-hybridized carbons (Fsp3) is 0.500. The molecule has 1 heterocycles. The third-order valence-corrected chi connectivity index (χ3v) is 10.1. The summed E-state index contributed by atoms with van der Waals surface area (Å²) >= 11 is 5.24. The first-order valence-electron chi connectivity index (χ1n) is 10.9. The van der Waals surface area contributed by atoms with Crippen LogP contribution in [0.25, 0.3) is 0 Å². The number of anilines is 1. The SMILES string of the molecule is CN(C[C@H]1CN(S(=O)(=O)C2=CC=CCC2=S)CCN1c1ccc(C(C)(O)C(F)(F)F)cc1)S(C)(=O)=O. The Bertz CT molecular complexity index is 1270. The number of halogens is 3. The van der Waals surface area contributed by atoms with Gasteiger partial charge in [0.15, 0.2) is 5.60 Å². The van der Waals surface area contributed by atoms with Gasteiger partial charge in [-0.05, 0) is 30.7 Å². The van der Waals surface area contributed by atoms with Gasteiger partial charge in [-0.3, -0.25) is 0 Å². The summed E-state index contributed by atoms with van der Waals surface area (Å²) in [6, 6.07) is 4.46. The largest absolute Gasteiger partial charge is 0.421 e. The molecule has 200 valence electrons. The van der Waals surface area contributed by atoms with Gasteiger partial charge in [-0.1, -0.05) is 36.5 Å². The molecule has 1 N–H and O–H groups in total. The molecule has 0 bridgehead atoms. The van der Waals surface area contributed by atoms with E-state index in [1.54, 1.807) is 17.1 Å². The lowest BCUT2D eigenvalue weighted by Crippen LogP contribution is -2.58. The number of allylic oxidation sites excluding steroid dienone is 4. The summed E-state index contributed by atoms with van der Waals surface area (Å²) in [6.07, 6.45) is 1.29. The number of likely N-dealkylation sites (N-methyl/N-ethyl adjacent to an activating group) is 1. The molecule has 14 heteroatoms. The number of piperazine rings is 1. The molecule has 1 aromatic carbocycles. The minimum absolute atomic E-state index is 0.0300. The number of alkyl halides is 3. The van der Waals surface area contributed by atoms with E-state index in [9.17, 15) is 35.1 Å². The van der Waals surface area contributed by atoms with Gasteiger partial charge in [0.05, 0.1) is 17.2 Å². The molecular formula is C22H28F3N3O5S3. The molecule has 1 fully saturated rings. The monoisotopic (exact) mass is 567 g/mol. The Balaban J connectivity index is 1.93. The van der Waals surface area contributed by atoms with Gasteiger partial charge in [-0.15, -0.1) is 0 Å². The van der Waals surface area contributed by atoms with E-state index in [1.165, 1.54) is 29.6 Å². The molecular weight excluding hydrogens is 539 g/mol. The summed E-state index contributed by atoms with van der Waals surface area (Å²) in [5, 5.41) is 9.95. The Kier molecular flexibility index (Phi) is 8.09. The van der Waals surface area contributed by atoms with Crippen LogP contribution in [-0.2, 0) is 25.6 Å². The molecule has 0 radical (unpaired) electrons. The Morgan fingerprint density at radius 2 is 1.75 bits per heavy atom. The fourth-order valence-electron chi connectivity index (χ4n) is 4.01. The standard InChI is InChI=1S/C22H28F3N3O5S3/c1-21(29,22(23,24)25)16-8-10-17(11-9-16)28-13-12-27(15-18(28)14-26(2)35(3,30)31)36(32,33)20-7-5-4-6-19(20)34/h4-5,7-11,18,29H,6,12-15H2,1-3H3/t18-,21?/m0/s1. The van der Waals surface area contributed by atoms with Crippen molar-refractivity contribution in [3.05, 3.63) is 53.0 Å². The molecule has 3 rings (SSSR count). The molecule has 8 nitrogen and oxygen atoms in total. The summed E-state index contributed by atoms with van der Waals surface area (Å²) in [4.78, 5) is 2.08. The van der Waals surface area contributed by atoms with Crippen molar-refractivity contribution >= 4 is 42.8 Å². The van der Waals surface area contributed by atoms with Gasteiger partial charge in [-0.2, -0.15) is 17.5 Å². The topological polar surface area (TPSA) is 98.2 Å². The first-order valence-corrected chi connectivity index (χ1v) is 14.6. The highest BCUT2D eigenvalue weighted by Crippen LogP contribution is 2.39. The van der Waals surface area contributed by atoms with Crippen molar-refractivity contribution in [1.82, 2.24) is 8.61 Å². The Labute approximate surface area is 214 Å². The molecule has 2 atom stereocenters. The normalized spacial score (nSPS) is 22.0. The number of rotatable bonds is 7. The maximum atomic E-state index is 13.3. The summed E-state index contributed by atoms with van der Waals surface area (Å²) < 4.78 is 92.8. The van der Waals surface area contributed by atoms with Crippen molar-refractivity contribution < 1.29 is 35.1 Å². The molecule has 0 amide bonds. The maximum Gasteiger partial charge on any atom is 0.421 e. The van der Waals surface area contributed by atoms with E-state index in [0.29, 0.717) is 19.0 Å². The van der Waals surface area contributed by atoms with Crippen molar-refractivity contribution in [3.63, 3.8) is 0 Å². The zero-order valence-electron chi connectivity index (χ0n) is 19.9. The highest BCUT2D eigenvalue weighted by atomic mass is 32.2. The van der Waals surface area contributed by atoms with Gasteiger partial charge in [0.2, 0.25) is 20.0 Å². The number of hydrogen-bond donors (Lipinski definition) is 1. The van der Waals surface area contributed by atoms with Crippen molar-refractivity contribution in [2.45, 2.75) is 31.2 Å². The van der Waals surface area contributed by atoms with Crippen molar-refractivity contribution in [2.24, 2.45) is 0 Å². The molecule has 1 unspecified atom stereocenters. The van der Waals surface area contributed by atoms with Crippen LogP contribution >= 0.6 is 12.2 Å². The van der Waals surface area contributed by atoms with Gasteiger partial charge < -0.3 is 10.0 Å². The first-order chi connectivity index (χ1) is 16.5. The number of thiocarbonyl (C=S) groups is 1. The minimum Gasteiger partial charge on any atom is -0.376 e. The molecule has 0 spiro atoms. The highest BCUT2D eigenvalue weighted by molar-refractivity contribution is 7.96. The summed E-state index contributed by atoms with van der Waals surface area (Å²) in [7, 11) is -6.16. The molecule has 0 aromatic heterocycles. The number of hydrogen-bond acceptors (Lipinski definition) is 7. The summed E-state index contributed by atoms with van der Waals surface area (Å²) in [6.45, 7) is 0.763. The Morgan fingerprint density at radius 3 is 2.28 bits per heavy atom. The fourth-order valence-corrected chi connectivity index (χ4v) is 6.52. The number of nitrogens with zero attached hydrogens (tertiary/aromatic N) is 3. The van der Waals surface area contributed by atoms with Crippen LogP contribution in [0.1, 0.15) is 18.9 Å². The quantitative estimate of drug-likeness (QED) is 0.506. The zero-order chi connectivity index (χ0) is 27.1. The van der Waals surface area contributed by atoms with Crippen LogP contribution in [-0.4, -0.2) is 87.1 Å². The third kappa shape index (κ3) is 5.83. The summed E-state index contributed by atoms with van der Waals surface area (Å²) in [5.41, 5.74) is -2.93. The molecule has 1 aromatic rings. The Hall–Kier alpha value is -1.84. The van der Waals surface area contributed by atoms with Crippen molar-refractivity contribution in [1.29, 1.82) is 0 Å². The van der Waals surface area contributed by atoms with E-state index in [1.807, 2.05) is 0 Å². The molecule has 0 saturated carbocycles. The first kappa shape index (κ1) is 28.7. The lowest BCUT2D eigenvalue weighted by atomic mass is 9.95. The predicted molar refractivity (Wildman–Crippen MR) is 136 cm³/mol. The van der Waals surface area contributed by atoms with Gasteiger partial charge in [-0.25, -0.2) is 21.1 Å². The zero-order valence-corrected chi connectivity index (χ0v) is 22.4. The number of aliphatic hydroxyl groups is 1. The number of sulfonamides is 2. The van der Waals surface area contributed by atoms with Crippen LogP contribution in [0.3, 0.4) is 0 Å². The lowest BCUT2D eigenvalue weighted by molar-refractivity contribution is -0.258. The van der Waals surface area contributed by atoms with Crippen LogP contribution in [0.15, 0.2) is 47.4 Å². The van der Waals surface area contributed by atoms with E-state index >= 15 is 0 Å². The molecule has 1 aliphatic heterocycles. The second-order valence-electron chi connectivity index (χ2n) is 8.96. The number of benzene rings is 1. The minimum atomic E-state index is -4.88. The second-order valence-corrected chi connectivity index (χ2v) is 13.4. The third-order valence-electron chi connectivity index (χ3n) is 6.37. The smallest absolute Gasteiger partial charge is 0.376 e. The molecule has 2 aliphatic rings. The van der Waals surface area contributed by atoms with Crippen LogP contribution in [0, 0.1) is 0 Å². The van der Waals surface area contributed by atoms with E-state index in [4.69, 9.17) is 12.2 Å². The predicted octanol–water partition coefficient (Wildman–Crippen LogP) is 2.38. The maximum absolute atomic E-state index is 13.3. The summed E-state index contributed by atoms with van der Waals surface area (Å²) in [5.74, 6) is 0. The molecule has 36 heavy (non-hydrogen) atoms. The van der Waals surface area contributed by atoms with E-state index in [-0.39, 0.29) is 41.5 Å². The molecule has 1 aliphatic carbocycles. The van der Waals surface area contributed by atoms with E-state index in [2.05, 4.69) is 0 Å². The second kappa shape index (κ2) is 10.1. The molecule has 1 saturated heterocycles. The average molecular weight is 568 g/mol. The van der Waals surface area contributed by atoms with Gasteiger partial charge in [0.1, 0.15) is 0 Å².